The lowest BCUT2D eigenvalue weighted by Gasteiger charge is -2.41. The number of rotatable bonds is 5. The van der Waals surface area contributed by atoms with Gasteiger partial charge in [-0.25, -0.2) is 0 Å². The monoisotopic (exact) mass is 248 g/mol. The molecule has 18 heavy (non-hydrogen) atoms. The zero-order valence-corrected chi connectivity index (χ0v) is 12.7. The standard InChI is InChI=1S/C16H28N2/c1-7-16(4,5)18(6)14(11-17)15-12(2)9-8-10-13(15)3/h8-10,14H,7,11,17H2,1-6H3. The van der Waals surface area contributed by atoms with E-state index in [1.807, 2.05) is 0 Å². The fraction of sp³-hybridized carbons (Fsp3) is 0.625. The summed E-state index contributed by atoms with van der Waals surface area (Å²) in [5, 5.41) is 0. The molecule has 0 aliphatic carbocycles. The Kier molecular flexibility index (Phi) is 4.94. The first kappa shape index (κ1) is 15.2. The molecule has 0 saturated carbocycles. The molecule has 0 aromatic heterocycles. The van der Waals surface area contributed by atoms with E-state index in [-0.39, 0.29) is 5.54 Å². The van der Waals surface area contributed by atoms with Crippen LogP contribution in [0.5, 0.6) is 0 Å². The lowest BCUT2D eigenvalue weighted by molar-refractivity contribution is 0.0998. The number of hydrogen-bond donors (Lipinski definition) is 1. The molecule has 1 atom stereocenters. The zero-order valence-electron chi connectivity index (χ0n) is 12.7. The van der Waals surface area contributed by atoms with E-state index in [2.05, 4.69) is 64.8 Å². The molecule has 1 unspecified atom stereocenters. The average molecular weight is 248 g/mol. The molecule has 2 nitrogen and oxygen atoms in total. The SMILES string of the molecule is CCC(C)(C)N(C)C(CN)c1c(C)cccc1C. The predicted octanol–water partition coefficient (Wildman–Crippen LogP) is 3.42. The summed E-state index contributed by atoms with van der Waals surface area (Å²) in [6, 6.07) is 6.77. The van der Waals surface area contributed by atoms with E-state index >= 15 is 0 Å². The van der Waals surface area contributed by atoms with Crippen LogP contribution in [0.3, 0.4) is 0 Å². The van der Waals surface area contributed by atoms with Crippen molar-refractivity contribution in [2.45, 2.75) is 52.6 Å². The van der Waals surface area contributed by atoms with E-state index in [0.717, 1.165) is 6.42 Å². The van der Waals surface area contributed by atoms with E-state index in [0.29, 0.717) is 12.6 Å². The second kappa shape index (κ2) is 5.85. The number of benzene rings is 1. The molecule has 0 aliphatic heterocycles. The van der Waals surface area contributed by atoms with Gasteiger partial charge in [-0.15, -0.1) is 0 Å². The van der Waals surface area contributed by atoms with Crippen molar-refractivity contribution < 1.29 is 0 Å². The van der Waals surface area contributed by atoms with Crippen LogP contribution in [-0.4, -0.2) is 24.0 Å². The first-order chi connectivity index (χ1) is 8.35. The van der Waals surface area contributed by atoms with Crippen LogP contribution in [0.4, 0.5) is 0 Å². The van der Waals surface area contributed by atoms with Crippen LogP contribution in [0.25, 0.3) is 0 Å². The van der Waals surface area contributed by atoms with E-state index in [4.69, 9.17) is 5.73 Å². The minimum atomic E-state index is 0.165. The number of nitrogens with zero attached hydrogens (tertiary/aromatic N) is 1. The summed E-state index contributed by atoms with van der Waals surface area (Å²) >= 11 is 0. The van der Waals surface area contributed by atoms with Crippen LogP contribution < -0.4 is 5.73 Å². The van der Waals surface area contributed by atoms with Crippen molar-refractivity contribution in [3.05, 3.63) is 34.9 Å². The van der Waals surface area contributed by atoms with Gasteiger partial charge in [0.05, 0.1) is 0 Å². The number of aryl methyl sites for hydroxylation is 2. The van der Waals surface area contributed by atoms with Gasteiger partial charge in [0.15, 0.2) is 0 Å². The highest BCUT2D eigenvalue weighted by molar-refractivity contribution is 5.36. The lowest BCUT2D eigenvalue weighted by Crippen LogP contribution is -2.45. The maximum atomic E-state index is 6.05. The molecule has 0 saturated heterocycles. The minimum absolute atomic E-state index is 0.165. The largest absolute Gasteiger partial charge is 0.329 e. The van der Waals surface area contributed by atoms with Crippen LogP contribution >= 0.6 is 0 Å². The first-order valence-electron chi connectivity index (χ1n) is 6.84. The van der Waals surface area contributed by atoms with Crippen LogP contribution in [-0.2, 0) is 0 Å². The van der Waals surface area contributed by atoms with Crippen molar-refractivity contribution in [1.82, 2.24) is 4.90 Å². The normalized spacial score (nSPS) is 14.0. The minimum Gasteiger partial charge on any atom is -0.329 e. The molecule has 1 aromatic carbocycles. The molecule has 0 amide bonds. The quantitative estimate of drug-likeness (QED) is 0.865. The molecule has 0 bridgehead atoms. The molecular weight excluding hydrogens is 220 g/mol. The summed E-state index contributed by atoms with van der Waals surface area (Å²) in [5.74, 6) is 0. The Morgan fingerprint density at radius 2 is 1.72 bits per heavy atom. The van der Waals surface area contributed by atoms with Gasteiger partial charge in [-0.2, -0.15) is 0 Å². The smallest absolute Gasteiger partial charge is 0.0477 e. The zero-order chi connectivity index (χ0) is 13.9. The number of likely N-dealkylation sites (N-methyl/N-ethyl adjacent to an activating group) is 1. The summed E-state index contributed by atoms with van der Waals surface area (Å²) in [6.07, 6.45) is 1.12. The van der Waals surface area contributed by atoms with Crippen molar-refractivity contribution in [2.24, 2.45) is 5.73 Å². The van der Waals surface area contributed by atoms with Crippen LogP contribution in [0, 0.1) is 13.8 Å². The van der Waals surface area contributed by atoms with E-state index in [1.54, 1.807) is 0 Å². The molecule has 0 heterocycles. The molecule has 2 N–H and O–H groups in total. The molecule has 0 spiro atoms. The Morgan fingerprint density at radius 1 is 1.22 bits per heavy atom. The van der Waals surface area contributed by atoms with Crippen LogP contribution in [0.1, 0.15) is 49.9 Å². The van der Waals surface area contributed by atoms with Gasteiger partial charge in [-0.3, -0.25) is 4.90 Å². The predicted molar refractivity (Wildman–Crippen MR) is 79.8 cm³/mol. The topological polar surface area (TPSA) is 29.3 Å². The van der Waals surface area contributed by atoms with Crippen molar-refractivity contribution >= 4 is 0 Å². The number of nitrogens with two attached hydrogens (primary N) is 1. The molecule has 0 radical (unpaired) electrons. The van der Waals surface area contributed by atoms with Gasteiger partial charge in [-0.1, -0.05) is 25.1 Å². The maximum Gasteiger partial charge on any atom is 0.0477 e. The average Bonchev–Trinajstić information content (AvgIpc) is 2.33. The molecule has 0 fully saturated rings. The second-order valence-electron chi connectivity index (χ2n) is 5.83. The Labute approximate surface area is 112 Å². The second-order valence-corrected chi connectivity index (χ2v) is 5.83. The summed E-state index contributed by atoms with van der Waals surface area (Å²) in [5.41, 5.74) is 10.3. The van der Waals surface area contributed by atoms with Crippen LogP contribution in [0.15, 0.2) is 18.2 Å². The highest BCUT2D eigenvalue weighted by Crippen LogP contribution is 2.31. The van der Waals surface area contributed by atoms with Gasteiger partial charge in [-0.05, 0) is 57.9 Å². The Hall–Kier alpha value is -0.860. The molecule has 102 valence electrons. The van der Waals surface area contributed by atoms with Gasteiger partial charge >= 0.3 is 0 Å². The third kappa shape index (κ3) is 2.93. The Morgan fingerprint density at radius 3 is 2.11 bits per heavy atom. The highest BCUT2D eigenvalue weighted by Gasteiger charge is 2.29. The molecule has 1 rings (SSSR count). The Bertz CT molecular complexity index is 376. The lowest BCUT2D eigenvalue weighted by atomic mass is 9.90. The van der Waals surface area contributed by atoms with Gasteiger partial charge in [0.1, 0.15) is 0 Å². The summed E-state index contributed by atoms with van der Waals surface area (Å²) in [4.78, 5) is 2.42. The first-order valence-corrected chi connectivity index (χ1v) is 6.84. The van der Waals surface area contributed by atoms with Crippen LogP contribution in [0.2, 0.25) is 0 Å². The molecule has 0 aliphatic rings. The number of hydrogen-bond acceptors (Lipinski definition) is 2. The van der Waals surface area contributed by atoms with Gasteiger partial charge < -0.3 is 5.73 Å². The van der Waals surface area contributed by atoms with Crippen molar-refractivity contribution in [1.29, 1.82) is 0 Å². The van der Waals surface area contributed by atoms with Gasteiger partial charge in [0.25, 0.3) is 0 Å². The molecule has 1 aromatic rings. The van der Waals surface area contributed by atoms with E-state index < -0.39 is 0 Å². The van der Waals surface area contributed by atoms with Gasteiger partial charge in [0, 0.05) is 18.1 Å². The van der Waals surface area contributed by atoms with Crippen molar-refractivity contribution in [3.8, 4) is 0 Å². The molecular formula is C16H28N2. The third-order valence-corrected chi connectivity index (χ3v) is 4.39. The highest BCUT2D eigenvalue weighted by atomic mass is 15.2. The fourth-order valence-corrected chi connectivity index (χ4v) is 2.49. The third-order valence-electron chi connectivity index (χ3n) is 4.39. The van der Waals surface area contributed by atoms with Crippen molar-refractivity contribution in [2.75, 3.05) is 13.6 Å². The summed E-state index contributed by atoms with van der Waals surface area (Å²) < 4.78 is 0. The van der Waals surface area contributed by atoms with Gasteiger partial charge in [0.2, 0.25) is 0 Å². The summed E-state index contributed by atoms with van der Waals surface area (Å²) in [7, 11) is 2.19. The van der Waals surface area contributed by atoms with E-state index in [1.165, 1.54) is 16.7 Å². The fourth-order valence-electron chi connectivity index (χ4n) is 2.49. The summed E-state index contributed by atoms with van der Waals surface area (Å²) in [6.45, 7) is 11.8. The maximum absolute atomic E-state index is 6.05. The van der Waals surface area contributed by atoms with Crippen molar-refractivity contribution in [3.63, 3.8) is 0 Å². The Balaban J connectivity index is 3.18. The molecule has 2 heteroatoms. The van der Waals surface area contributed by atoms with E-state index in [9.17, 15) is 0 Å².